The first-order valence-electron chi connectivity index (χ1n) is 13.9. The molecular weight excluding hydrogens is 424 g/mol. The molecule has 194 valence electrons. The number of aliphatic carboxylic acids is 1. The van der Waals surface area contributed by atoms with Crippen LogP contribution in [0.3, 0.4) is 0 Å². The van der Waals surface area contributed by atoms with Crippen LogP contribution in [0.4, 0.5) is 0 Å². The van der Waals surface area contributed by atoms with Gasteiger partial charge in [-0.2, -0.15) is 0 Å². The Morgan fingerprint density at radius 1 is 0.971 bits per heavy atom. The minimum atomic E-state index is -0.795. The molecule has 4 rings (SSSR count). The molecule has 34 heavy (non-hydrogen) atoms. The molecule has 0 radical (unpaired) electrons. The van der Waals surface area contributed by atoms with E-state index in [9.17, 15) is 15.0 Å². The lowest BCUT2D eigenvalue weighted by molar-refractivity contribution is -0.187. The quantitative estimate of drug-likeness (QED) is 0.407. The third-order valence-electron chi connectivity index (χ3n) is 12.0. The molecular formula is C30H50O4. The van der Waals surface area contributed by atoms with Crippen LogP contribution in [0, 0.1) is 39.9 Å². The van der Waals surface area contributed by atoms with Gasteiger partial charge in [-0.1, -0.05) is 32.9 Å². The van der Waals surface area contributed by atoms with E-state index in [1.54, 1.807) is 0 Å². The van der Waals surface area contributed by atoms with Crippen molar-refractivity contribution in [3.8, 4) is 0 Å². The Kier molecular flexibility index (Phi) is 6.42. The van der Waals surface area contributed by atoms with Crippen LogP contribution in [-0.2, 0) is 9.53 Å². The van der Waals surface area contributed by atoms with Gasteiger partial charge in [0.2, 0.25) is 0 Å². The standard InChI is InChI=1S/C30H50O4/c1-19(2)20-11-17-29(7)23(27(20,5)15-14-25(31)32)10-9-21-22(12-16-28(21,29)6)30(8)18-13-24(34-30)26(3,4)33/h20-24,33H,1,9-18H2,2-8H3,(H,31,32)/t20-,21-,22-,23+,24?,27+,28-,29-,30+/m1/s1. The topological polar surface area (TPSA) is 66.8 Å². The molecule has 1 saturated heterocycles. The van der Waals surface area contributed by atoms with Crippen LogP contribution in [0.1, 0.15) is 113 Å². The van der Waals surface area contributed by atoms with E-state index in [0.717, 1.165) is 25.7 Å². The first-order chi connectivity index (χ1) is 15.6. The van der Waals surface area contributed by atoms with Crippen molar-refractivity contribution in [1.82, 2.24) is 0 Å². The fraction of sp³-hybridized carbons (Fsp3) is 0.900. The third-order valence-corrected chi connectivity index (χ3v) is 12.0. The minimum Gasteiger partial charge on any atom is -0.481 e. The van der Waals surface area contributed by atoms with E-state index in [4.69, 9.17) is 4.74 Å². The van der Waals surface area contributed by atoms with Crippen LogP contribution in [0.25, 0.3) is 0 Å². The van der Waals surface area contributed by atoms with Gasteiger partial charge in [0.15, 0.2) is 0 Å². The maximum absolute atomic E-state index is 11.6. The number of carbonyl (C=O) groups is 1. The molecule has 4 fully saturated rings. The zero-order valence-corrected chi connectivity index (χ0v) is 22.9. The maximum atomic E-state index is 11.6. The monoisotopic (exact) mass is 474 g/mol. The second-order valence-electron chi connectivity index (χ2n) is 14.2. The SMILES string of the molecule is C=C(C)[C@H]1CC[C@]2(C)[C@@H](CC[C@@H]3[C@H]([C@]4(C)CCC(C(C)(C)O)O4)CC[C@]32C)[C@@]1(C)CCC(=O)O. The molecule has 1 aliphatic heterocycles. The number of aliphatic hydroxyl groups is 1. The van der Waals surface area contributed by atoms with E-state index in [1.807, 2.05) is 13.8 Å². The summed E-state index contributed by atoms with van der Waals surface area (Å²) in [6, 6.07) is 0. The van der Waals surface area contributed by atoms with E-state index in [2.05, 4.69) is 41.2 Å². The Labute approximate surface area is 207 Å². The fourth-order valence-corrected chi connectivity index (χ4v) is 10.0. The summed E-state index contributed by atoms with van der Waals surface area (Å²) >= 11 is 0. The number of rotatable bonds is 6. The number of hydrogen-bond donors (Lipinski definition) is 2. The van der Waals surface area contributed by atoms with Crippen molar-refractivity contribution in [2.24, 2.45) is 39.9 Å². The van der Waals surface area contributed by atoms with Crippen LogP contribution in [0.2, 0.25) is 0 Å². The molecule has 3 saturated carbocycles. The summed E-state index contributed by atoms with van der Waals surface area (Å²) in [6.07, 6.45) is 10.0. The molecule has 0 aromatic heterocycles. The average Bonchev–Trinajstić information content (AvgIpc) is 3.29. The predicted octanol–water partition coefficient (Wildman–Crippen LogP) is 7.00. The van der Waals surface area contributed by atoms with Gasteiger partial charge in [0.25, 0.3) is 0 Å². The summed E-state index contributed by atoms with van der Waals surface area (Å²) in [5.74, 6) is 1.42. The van der Waals surface area contributed by atoms with E-state index in [-0.39, 0.29) is 34.4 Å². The first kappa shape index (κ1) is 26.2. The molecule has 0 spiro atoms. The first-order valence-corrected chi connectivity index (χ1v) is 13.9. The molecule has 1 heterocycles. The molecule has 3 aliphatic carbocycles. The highest BCUT2D eigenvalue weighted by atomic mass is 16.5. The minimum absolute atomic E-state index is 0.0109. The van der Waals surface area contributed by atoms with Gasteiger partial charge in [-0.25, -0.2) is 0 Å². The second kappa shape index (κ2) is 8.33. The van der Waals surface area contributed by atoms with E-state index in [0.29, 0.717) is 23.7 Å². The number of allylic oxidation sites excluding steroid dienone is 1. The summed E-state index contributed by atoms with van der Waals surface area (Å²) in [5.41, 5.74) is 0.714. The van der Waals surface area contributed by atoms with Gasteiger partial charge in [-0.05, 0) is 125 Å². The molecule has 4 nitrogen and oxygen atoms in total. The Bertz CT molecular complexity index is 828. The maximum Gasteiger partial charge on any atom is 0.303 e. The lowest BCUT2D eigenvalue weighted by Gasteiger charge is -2.66. The third kappa shape index (κ3) is 3.81. The van der Waals surface area contributed by atoms with Gasteiger partial charge >= 0.3 is 5.97 Å². The predicted molar refractivity (Wildman–Crippen MR) is 136 cm³/mol. The highest BCUT2D eigenvalue weighted by Gasteiger charge is 2.68. The van der Waals surface area contributed by atoms with Crippen molar-refractivity contribution >= 4 is 5.97 Å². The number of carboxylic acid groups (broad SMARTS) is 1. The van der Waals surface area contributed by atoms with Gasteiger partial charge in [-0.15, -0.1) is 0 Å². The van der Waals surface area contributed by atoms with Gasteiger partial charge in [0, 0.05) is 6.42 Å². The van der Waals surface area contributed by atoms with Crippen LogP contribution >= 0.6 is 0 Å². The smallest absolute Gasteiger partial charge is 0.303 e. The van der Waals surface area contributed by atoms with Crippen LogP contribution in [-0.4, -0.2) is 33.5 Å². The number of hydrogen-bond acceptors (Lipinski definition) is 3. The zero-order valence-electron chi connectivity index (χ0n) is 22.9. The number of fused-ring (bicyclic) bond motifs is 3. The van der Waals surface area contributed by atoms with Gasteiger partial charge in [-0.3, -0.25) is 4.79 Å². The second-order valence-corrected chi connectivity index (χ2v) is 14.2. The Morgan fingerprint density at radius 3 is 2.18 bits per heavy atom. The number of ether oxygens (including phenoxy) is 1. The van der Waals surface area contributed by atoms with Crippen LogP contribution < -0.4 is 0 Å². The van der Waals surface area contributed by atoms with Crippen molar-refractivity contribution in [1.29, 1.82) is 0 Å². The van der Waals surface area contributed by atoms with Crippen molar-refractivity contribution in [3.63, 3.8) is 0 Å². The summed E-state index contributed by atoms with van der Waals surface area (Å²) in [7, 11) is 0. The van der Waals surface area contributed by atoms with Crippen molar-refractivity contribution in [3.05, 3.63) is 12.2 Å². The van der Waals surface area contributed by atoms with E-state index >= 15 is 0 Å². The number of carboxylic acids is 1. The highest BCUT2D eigenvalue weighted by Crippen LogP contribution is 2.74. The Balaban J connectivity index is 1.64. The molecule has 1 unspecified atom stereocenters. The lowest BCUT2D eigenvalue weighted by atomic mass is 9.38. The Hall–Kier alpha value is -0.870. The van der Waals surface area contributed by atoms with Gasteiger partial charge in [0.05, 0.1) is 17.3 Å². The molecule has 0 aromatic carbocycles. The van der Waals surface area contributed by atoms with Crippen LogP contribution in [0.15, 0.2) is 12.2 Å². The van der Waals surface area contributed by atoms with E-state index < -0.39 is 11.6 Å². The fourth-order valence-electron chi connectivity index (χ4n) is 10.0. The van der Waals surface area contributed by atoms with E-state index in [1.165, 1.54) is 37.7 Å². The van der Waals surface area contributed by atoms with Gasteiger partial charge in [0.1, 0.15) is 0 Å². The lowest BCUT2D eigenvalue weighted by Crippen LogP contribution is -2.60. The molecule has 2 N–H and O–H groups in total. The van der Waals surface area contributed by atoms with Gasteiger partial charge < -0.3 is 14.9 Å². The normalized spacial score (nSPS) is 48.9. The largest absolute Gasteiger partial charge is 0.481 e. The molecule has 4 aliphatic rings. The average molecular weight is 475 g/mol. The van der Waals surface area contributed by atoms with Crippen molar-refractivity contribution in [2.45, 2.75) is 130 Å². The molecule has 0 aromatic rings. The highest BCUT2D eigenvalue weighted by molar-refractivity contribution is 5.66. The zero-order chi connectivity index (χ0) is 25.3. The summed E-state index contributed by atoms with van der Waals surface area (Å²) in [4.78, 5) is 11.6. The van der Waals surface area contributed by atoms with Crippen molar-refractivity contribution < 1.29 is 19.7 Å². The van der Waals surface area contributed by atoms with Crippen molar-refractivity contribution in [2.75, 3.05) is 0 Å². The van der Waals surface area contributed by atoms with Crippen LogP contribution in [0.5, 0.6) is 0 Å². The summed E-state index contributed by atoms with van der Waals surface area (Å²) < 4.78 is 6.69. The molecule has 0 amide bonds. The summed E-state index contributed by atoms with van der Waals surface area (Å²) in [6.45, 7) is 20.1. The summed E-state index contributed by atoms with van der Waals surface area (Å²) in [5, 5.41) is 20.2. The Morgan fingerprint density at radius 2 is 1.62 bits per heavy atom. The molecule has 0 bridgehead atoms. The molecule has 9 atom stereocenters. The molecule has 4 heteroatoms.